The van der Waals surface area contributed by atoms with Crippen molar-refractivity contribution in [2.45, 2.75) is 12.6 Å². The Morgan fingerprint density at radius 1 is 0.839 bits per heavy atom. The molecule has 0 aromatic heterocycles. The quantitative estimate of drug-likeness (QED) is 0.310. The van der Waals surface area contributed by atoms with Gasteiger partial charge in [-0.2, -0.15) is 0 Å². The first-order valence-electron chi connectivity index (χ1n) is 9.61. The highest BCUT2D eigenvalue weighted by molar-refractivity contribution is 14.1. The Morgan fingerprint density at radius 2 is 1.52 bits per heavy atom. The van der Waals surface area contributed by atoms with Crippen molar-refractivity contribution in [3.05, 3.63) is 105 Å². The lowest BCUT2D eigenvalue weighted by molar-refractivity contribution is -0.124. The van der Waals surface area contributed by atoms with E-state index in [9.17, 15) is 19.5 Å². The maximum Gasteiger partial charge on any atom is 0.252 e. The number of rotatable bonds is 8. The fraction of sp³-hybridized carbons (Fsp3) is 0.125. The Morgan fingerprint density at radius 3 is 2.23 bits per heavy atom. The van der Waals surface area contributed by atoms with Crippen LogP contribution >= 0.6 is 22.6 Å². The van der Waals surface area contributed by atoms with E-state index in [1.165, 1.54) is 6.07 Å². The topological polar surface area (TPSA) is 95.5 Å². The molecule has 3 aromatic carbocycles. The van der Waals surface area contributed by atoms with Crippen molar-refractivity contribution >= 4 is 40.2 Å². The first-order chi connectivity index (χ1) is 15.0. The number of carbonyl (C=O) groups is 3. The van der Waals surface area contributed by atoms with E-state index < -0.39 is 24.5 Å². The van der Waals surface area contributed by atoms with Gasteiger partial charge in [-0.1, -0.05) is 54.6 Å². The molecule has 0 fully saturated rings. The Labute approximate surface area is 193 Å². The van der Waals surface area contributed by atoms with Crippen molar-refractivity contribution in [3.8, 4) is 0 Å². The Balaban J connectivity index is 1.65. The van der Waals surface area contributed by atoms with E-state index in [0.29, 0.717) is 11.1 Å². The number of aliphatic hydroxyl groups is 1. The Kier molecular flexibility index (Phi) is 7.91. The summed E-state index contributed by atoms with van der Waals surface area (Å²) in [4.78, 5) is 37.7. The number of halogens is 1. The predicted octanol–water partition coefficient (Wildman–Crippen LogP) is 2.93. The second-order valence-corrected chi connectivity index (χ2v) is 8.08. The molecule has 3 rings (SSSR count). The van der Waals surface area contributed by atoms with Gasteiger partial charge in [-0.05, 0) is 52.4 Å². The van der Waals surface area contributed by atoms with Crippen LogP contribution in [0.1, 0.15) is 31.8 Å². The summed E-state index contributed by atoms with van der Waals surface area (Å²) in [6, 6.07) is 21.6. The zero-order valence-electron chi connectivity index (χ0n) is 16.5. The van der Waals surface area contributed by atoms with E-state index in [0.717, 1.165) is 9.13 Å². The number of carbonyl (C=O) groups excluding carboxylic acids is 3. The van der Waals surface area contributed by atoms with Gasteiger partial charge in [0.05, 0.1) is 6.61 Å². The Bertz CT molecular complexity index is 1090. The van der Waals surface area contributed by atoms with Crippen LogP contribution in [0.3, 0.4) is 0 Å². The van der Waals surface area contributed by atoms with E-state index >= 15 is 0 Å². The molecule has 0 saturated carbocycles. The minimum Gasteiger partial charge on any atom is -0.394 e. The summed E-state index contributed by atoms with van der Waals surface area (Å²) < 4.78 is 1.04. The third-order valence-corrected chi connectivity index (χ3v) is 5.25. The Hall–Kier alpha value is -3.04. The summed E-state index contributed by atoms with van der Waals surface area (Å²) in [5, 5.41) is 14.8. The van der Waals surface area contributed by atoms with Crippen LogP contribution in [-0.4, -0.2) is 35.4 Å². The number of benzene rings is 3. The molecular formula is C24H21IN2O4. The third kappa shape index (κ3) is 6.22. The van der Waals surface area contributed by atoms with E-state index in [1.807, 2.05) is 30.3 Å². The highest BCUT2D eigenvalue weighted by Crippen LogP contribution is 2.12. The molecule has 1 unspecified atom stereocenters. The first kappa shape index (κ1) is 22.6. The minimum absolute atomic E-state index is 0.204. The van der Waals surface area contributed by atoms with Crippen LogP contribution in [0.5, 0.6) is 0 Å². The van der Waals surface area contributed by atoms with Crippen LogP contribution < -0.4 is 10.6 Å². The normalized spacial score (nSPS) is 11.4. The second-order valence-electron chi connectivity index (χ2n) is 6.83. The summed E-state index contributed by atoms with van der Waals surface area (Å²) in [7, 11) is 0. The number of ketones is 1. The average Bonchev–Trinajstić information content (AvgIpc) is 2.81. The molecule has 0 spiro atoms. The van der Waals surface area contributed by atoms with Gasteiger partial charge in [0.15, 0.2) is 5.78 Å². The molecule has 0 radical (unpaired) electrons. The first-order valence-corrected chi connectivity index (χ1v) is 10.7. The molecule has 3 N–H and O–H groups in total. The number of nitrogens with one attached hydrogen (secondary N) is 2. The maximum atomic E-state index is 12.6. The van der Waals surface area contributed by atoms with Crippen LogP contribution in [0.15, 0.2) is 78.9 Å². The number of hydrogen-bond acceptors (Lipinski definition) is 4. The molecule has 31 heavy (non-hydrogen) atoms. The van der Waals surface area contributed by atoms with Crippen molar-refractivity contribution in [1.29, 1.82) is 0 Å². The monoisotopic (exact) mass is 528 g/mol. The van der Waals surface area contributed by atoms with Crippen molar-refractivity contribution in [2.24, 2.45) is 0 Å². The van der Waals surface area contributed by atoms with Gasteiger partial charge >= 0.3 is 0 Å². The van der Waals surface area contributed by atoms with Crippen molar-refractivity contribution in [2.75, 3.05) is 6.61 Å². The standard InChI is InChI=1S/C24H21IN2O4/c25-20-11-4-6-16(12-20)14-26-24(31)21(15-28)27-23(30)19-10-5-9-18(13-19)22(29)17-7-2-1-3-8-17/h1-13,21,28H,14-15H2,(H,26,31)(H,27,30). The lowest BCUT2D eigenvalue weighted by Gasteiger charge is -2.16. The predicted molar refractivity (Wildman–Crippen MR) is 126 cm³/mol. The van der Waals surface area contributed by atoms with E-state index in [2.05, 4.69) is 33.2 Å². The second kappa shape index (κ2) is 10.8. The van der Waals surface area contributed by atoms with E-state index in [-0.39, 0.29) is 17.9 Å². The van der Waals surface area contributed by atoms with Crippen LogP contribution in [0.25, 0.3) is 0 Å². The van der Waals surface area contributed by atoms with Crippen molar-refractivity contribution in [1.82, 2.24) is 10.6 Å². The molecular weight excluding hydrogens is 507 g/mol. The van der Waals surface area contributed by atoms with Crippen LogP contribution in [-0.2, 0) is 11.3 Å². The number of amides is 2. The fourth-order valence-electron chi connectivity index (χ4n) is 2.95. The molecule has 0 aliphatic heterocycles. The molecule has 1 atom stereocenters. The molecule has 0 saturated heterocycles. The molecule has 0 aliphatic rings. The minimum atomic E-state index is -1.11. The lowest BCUT2D eigenvalue weighted by atomic mass is 10.0. The lowest BCUT2D eigenvalue weighted by Crippen LogP contribution is -2.48. The van der Waals surface area contributed by atoms with E-state index in [1.54, 1.807) is 42.5 Å². The third-order valence-electron chi connectivity index (χ3n) is 4.58. The molecule has 0 heterocycles. The molecule has 158 valence electrons. The van der Waals surface area contributed by atoms with Crippen LogP contribution in [0.2, 0.25) is 0 Å². The fourth-order valence-corrected chi connectivity index (χ4v) is 3.56. The zero-order chi connectivity index (χ0) is 22.2. The molecule has 0 bridgehead atoms. The SMILES string of the molecule is O=C(NC(CO)C(=O)NCc1cccc(I)c1)c1cccc(C(=O)c2ccccc2)c1. The summed E-state index contributed by atoms with van der Waals surface area (Å²) in [6.07, 6.45) is 0. The smallest absolute Gasteiger partial charge is 0.252 e. The van der Waals surface area contributed by atoms with Gasteiger partial charge < -0.3 is 15.7 Å². The summed E-state index contributed by atoms with van der Waals surface area (Å²) >= 11 is 2.18. The zero-order valence-corrected chi connectivity index (χ0v) is 18.7. The van der Waals surface area contributed by atoms with Gasteiger partial charge in [-0.3, -0.25) is 14.4 Å². The summed E-state index contributed by atoms with van der Waals surface area (Å²) in [5.41, 5.74) is 2.02. The summed E-state index contributed by atoms with van der Waals surface area (Å²) in [6.45, 7) is -0.268. The molecule has 3 aromatic rings. The van der Waals surface area contributed by atoms with Crippen LogP contribution in [0, 0.1) is 3.57 Å². The van der Waals surface area contributed by atoms with Gasteiger partial charge in [0.2, 0.25) is 5.91 Å². The van der Waals surface area contributed by atoms with E-state index in [4.69, 9.17) is 0 Å². The van der Waals surface area contributed by atoms with Crippen LogP contribution in [0.4, 0.5) is 0 Å². The van der Waals surface area contributed by atoms with Gasteiger partial charge in [-0.25, -0.2) is 0 Å². The van der Waals surface area contributed by atoms with Gasteiger partial charge in [0, 0.05) is 26.8 Å². The van der Waals surface area contributed by atoms with Gasteiger partial charge in [0.1, 0.15) is 6.04 Å². The molecule has 2 amide bonds. The highest BCUT2D eigenvalue weighted by atomic mass is 127. The molecule has 6 nitrogen and oxygen atoms in total. The van der Waals surface area contributed by atoms with Crippen molar-refractivity contribution < 1.29 is 19.5 Å². The number of hydrogen-bond donors (Lipinski definition) is 3. The highest BCUT2D eigenvalue weighted by Gasteiger charge is 2.21. The average molecular weight is 528 g/mol. The van der Waals surface area contributed by atoms with Gasteiger partial charge in [-0.15, -0.1) is 0 Å². The van der Waals surface area contributed by atoms with Crippen molar-refractivity contribution in [3.63, 3.8) is 0 Å². The molecule has 0 aliphatic carbocycles. The number of aliphatic hydroxyl groups excluding tert-OH is 1. The summed E-state index contributed by atoms with van der Waals surface area (Å²) in [5.74, 6) is -1.25. The largest absolute Gasteiger partial charge is 0.394 e. The van der Waals surface area contributed by atoms with Gasteiger partial charge in [0.25, 0.3) is 5.91 Å². The molecule has 7 heteroatoms. The maximum absolute atomic E-state index is 12.6.